The summed E-state index contributed by atoms with van der Waals surface area (Å²) in [5, 5.41) is 0. The molecule has 1 nitrogen and oxygen atoms in total. The molecular formula is C9H17N. The van der Waals surface area contributed by atoms with Gasteiger partial charge in [0, 0.05) is 12.3 Å². The molecule has 0 spiro atoms. The van der Waals surface area contributed by atoms with Gasteiger partial charge in [0.2, 0.25) is 0 Å². The van der Waals surface area contributed by atoms with Crippen LogP contribution in [0.5, 0.6) is 0 Å². The smallest absolute Gasteiger partial charge is 0.0388 e. The van der Waals surface area contributed by atoms with Gasteiger partial charge < -0.3 is 0 Å². The number of hydrogen-bond donors (Lipinski definition) is 0. The minimum Gasteiger partial charge on any atom is -0.294 e. The van der Waals surface area contributed by atoms with Gasteiger partial charge in [0.1, 0.15) is 0 Å². The fourth-order valence-corrected chi connectivity index (χ4v) is 1.66. The van der Waals surface area contributed by atoms with Gasteiger partial charge in [0.05, 0.1) is 0 Å². The van der Waals surface area contributed by atoms with Crippen molar-refractivity contribution < 1.29 is 0 Å². The Hall–Kier alpha value is -0.330. The SMILES string of the molecule is CC1=NCCCC(C)(C)C1. The molecule has 58 valence electrons. The summed E-state index contributed by atoms with van der Waals surface area (Å²) in [6, 6.07) is 0. The van der Waals surface area contributed by atoms with Gasteiger partial charge in [-0.3, -0.25) is 4.99 Å². The molecule has 1 aliphatic heterocycles. The van der Waals surface area contributed by atoms with Crippen molar-refractivity contribution in [3.63, 3.8) is 0 Å². The molecule has 0 bridgehead atoms. The monoisotopic (exact) mass is 139 g/mol. The zero-order chi connectivity index (χ0) is 7.61. The normalized spacial score (nSPS) is 25.3. The van der Waals surface area contributed by atoms with Crippen molar-refractivity contribution >= 4 is 5.71 Å². The van der Waals surface area contributed by atoms with Crippen molar-refractivity contribution in [2.45, 2.75) is 40.0 Å². The standard InChI is InChI=1S/C9H17N/c1-8-7-9(2,3)5-4-6-10-8/h4-7H2,1-3H3. The molecule has 1 rings (SSSR count). The minimum absolute atomic E-state index is 0.504. The Balaban J connectivity index is 2.60. The molecule has 0 amide bonds. The van der Waals surface area contributed by atoms with Crippen molar-refractivity contribution in [2.24, 2.45) is 10.4 Å². The van der Waals surface area contributed by atoms with Crippen LogP contribution in [0.15, 0.2) is 4.99 Å². The van der Waals surface area contributed by atoms with Gasteiger partial charge in [0.25, 0.3) is 0 Å². The summed E-state index contributed by atoms with van der Waals surface area (Å²) in [6.45, 7) is 7.86. The molecule has 0 atom stereocenters. The van der Waals surface area contributed by atoms with Crippen LogP contribution in [0.1, 0.15) is 40.0 Å². The molecule has 1 heterocycles. The van der Waals surface area contributed by atoms with Crippen molar-refractivity contribution in [1.82, 2.24) is 0 Å². The van der Waals surface area contributed by atoms with E-state index in [2.05, 4.69) is 25.8 Å². The average Bonchev–Trinajstić information content (AvgIpc) is 1.90. The van der Waals surface area contributed by atoms with Crippen molar-refractivity contribution in [1.29, 1.82) is 0 Å². The molecule has 10 heavy (non-hydrogen) atoms. The molecular weight excluding hydrogens is 122 g/mol. The molecule has 0 aromatic carbocycles. The van der Waals surface area contributed by atoms with Crippen LogP contribution in [0.25, 0.3) is 0 Å². The quantitative estimate of drug-likeness (QED) is 0.489. The number of hydrogen-bond acceptors (Lipinski definition) is 1. The van der Waals surface area contributed by atoms with Gasteiger partial charge in [-0.2, -0.15) is 0 Å². The zero-order valence-corrected chi connectivity index (χ0v) is 7.28. The summed E-state index contributed by atoms with van der Waals surface area (Å²) in [5.41, 5.74) is 1.84. The van der Waals surface area contributed by atoms with Gasteiger partial charge >= 0.3 is 0 Å². The summed E-state index contributed by atoms with van der Waals surface area (Å²) in [4.78, 5) is 4.44. The second kappa shape index (κ2) is 2.73. The van der Waals surface area contributed by atoms with E-state index in [1.54, 1.807) is 0 Å². The van der Waals surface area contributed by atoms with Crippen LogP contribution < -0.4 is 0 Å². The predicted octanol–water partition coefficient (Wildman–Crippen LogP) is 2.66. The Morgan fingerprint density at radius 2 is 2.10 bits per heavy atom. The lowest BCUT2D eigenvalue weighted by Crippen LogP contribution is -2.13. The Kier molecular flexibility index (Phi) is 2.12. The van der Waals surface area contributed by atoms with E-state index in [1.807, 2.05) is 0 Å². The highest BCUT2D eigenvalue weighted by atomic mass is 14.7. The largest absolute Gasteiger partial charge is 0.294 e. The lowest BCUT2D eigenvalue weighted by Gasteiger charge is -2.21. The number of aliphatic imine (C=N–C) groups is 1. The Bertz CT molecular complexity index is 145. The van der Waals surface area contributed by atoms with E-state index in [-0.39, 0.29) is 0 Å². The minimum atomic E-state index is 0.504. The first-order valence-electron chi connectivity index (χ1n) is 4.10. The average molecular weight is 139 g/mol. The maximum atomic E-state index is 4.44. The third-order valence-corrected chi connectivity index (χ3v) is 2.13. The van der Waals surface area contributed by atoms with Gasteiger partial charge in [0.15, 0.2) is 0 Å². The van der Waals surface area contributed by atoms with Crippen molar-refractivity contribution in [3.05, 3.63) is 0 Å². The summed E-state index contributed by atoms with van der Waals surface area (Å²) >= 11 is 0. The molecule has 0 saturated heterocycles. The van der Waals surface area contributed by atoms with Crippen molar-refractivity contribution in [3.8, 4) is 0 Å². The molecule has 0 aromatic heterocycles. The van der Waals surface area contributed by atoms with Crippen LogP contribution in [0.4, 0.5) is 0 Å². The topological polar surface area (TPSA) is 12.4 Å². The van der Waals surface area contributed by atoms with E-state index in [0.29, 0.717) is 5.41 Å². The molecule has 0 N–H and O–H groups in total. The fraction of sp³-hybridized carbons (Fsp3) is 0.889. The third kappa shape index (κ3) is 2.13. The van der Waals surface area contributed by atoms with E-state index < -0.39 is 0 Å². The second-order valence-electron chi connectivity index (χ2n) is 4.06. The summed E-state index contributed by atoms with van der Waals surface area (Å²) in [5.74, 6) is 0. The van der Waals surface area contributed by atoms with E-state index in [9.17, 15) is 0 Å². The van der Waals surface area contributed by atoms with E-state index in [4.69, 9.17) is 0 Å². The first-order valence-corrected chi connectivity index (χ1v) is 4.10. The maximum Gasteiger partial charge on any atom is 0.0388 e. The Morgan fingerprint density at radius 3 is 2.80 bits per heavy atom. The van der Waals surface area contributed by atoms with Gasteiger partial charge in [-0.05, 0) is 31.6 Å². The number of nitrogens with zero attached hydrogens (tertiary/aromatic N) is 1. The van der Waals surface area contributed by atoms with Gasteiger partial charge in [-0.1, -0.05) is 13.8 Å². The lowest BCUT2D eigenvalue weighted by atomic mass is 9.84. The first kappa shape index (κ1) is 7.77. The van der Waals surface area contributed by atoms with Crippen LogP contribution in [0.2, 0.25) is 0 Å². The molecule has 0 fully saturated rings. The van der Waals surface area contributed by atoms with E-state index in [1.165, 1.54) is 25.0 Å². The van der Waals surface area contributed by atoms with Crippen LogP contribution in [-0.2, 0) is 0 Å². The predicted molar refractivity (Wildman–Crippen MR) is 45.6 cm³/mol. The van der Waals surface area contributed by atoms with Crippen LogP contribution in [0.3, 0.4) is 0 Å². The highest BCUT2D eigenvalue weighted by Crippen LogP contribution is 2.29. The van der Waals surface area contributed by atoms with Gasteiger partial charge in [-0.25, -0.2) is 0 Å². The highest BCUT2D eigenvalue weighted by Gasteiger charge is 2.20. The van der Waals surface area contributed by atoms with Crippen LogP contribution >= 0.6 is 0 Å². The summed E-state index contributed by atoms with van der Waals surface area (Å²) < 4.78 is 0. The van der Waals surface area contributed by atoms with E-state index >= 15 is 0 Å². The lowest BCUT2D eigenvalue weighted by molar-refractivity contribution is 0.349. The van der Waals surface area contributed by atoms with Crippen LogP contribution in [0, 0.1) is 5.41 Å². The Labute approximate surface area is 63.5 Å². The second-order valence-corrected chi connectivity index (χ2v) is 4.06. The number of rotatable bonds is 0. The molecule has 0 radical (unpaired) electrons. The third-order valence-electron chi connectivity index (χ3n) is 2.13. The molecule has 1 aliphatic rings. The molecule has 0 aliphatic carbocycles. The van der Waals surface area contributed by atoms with Crippen LogP contribution in [-0.4, -0.2) is 12.3 Å². The summed E-state index contributed by atoms with van der Waals surface area (Å²) in [7, 11) is 0. The summed E-state index contributed by atoms with van der Waals surface area (Å²) in [6.07, 6.45) is 3.78. The molecule has 0 aromatic rings. The molecule has 0 unspecified atom stereocenters. The highest BCUT2D eigenvalue weighted by molar-refractivity contribution is 5.82. The van der Waals surface area contributed by atoms with Crippen molar-refractivity contribution in [2.75, 3.05) is 6.54 Å². The maximum absolute atomic E-state index is 4.44. The van der Waals surface area contributed by atoms with Gasteiger partial charge in [-0.15, -0.1) is 0 Å². The molecule has 1 heteroatoms. The first-order chi connectivity index (χ1) is 4.60. The fourth-order valence-electron chi connectivity index (χ4n) is 1.66. The molecule has 0 saturated carbocycles. The Morgan fingerprint density at radius 1 is 1.40 bits per heavy atom. The zero-order valence-electron chi connectivity index (χ0n) is 7.28. The van der Waals surface area contributed by atoms with E-state index in [0.717, 1.165) is 6.54 Å².